The fraction of sp³-hybridized carbons (Fsp3) is 0.261. The number of nitrogens with zero attached hydrogens (tertiary/aromatic N) is 2. The zero-order valence-electron chi connectivity index (χ0n) is 16.9. The fourth-order valence-corrected chi connectivity index (χ4v) is 4.28. The van der Waals surface area contributed by atoms with Gasteiger partial charge in [-0.3, -0.25) is 9.59 Å². The van der Waals surface area contributed by atoms with Gasteiger partial charge in [-0.1, -0.05) is 23.4 Å². The third kappa shape index (κ3) is 4.21. The number of benzene rings is 1. The van der Waals surface area contributed by atoms with Gasteiger partial charge in [-0.25, -0.2) is 0 Å². The molecule has 3 heterocycles. The van der Waals surface area contributed by atoms with E-state index in [0.29, 0.717) is 16.8 Å². The summed E-state index contributed by atoms with van der Waals surface area (Å²) in [5.74, 6) is -0.710. The van der Waals surface area contributed by atoms with E-state index < -0.39 is 5.97 Å². The van der Waals surface area contributed by atoms with Crippen LogP contribution in [0.5, 0.6) is 0 Å². The normalized spacial score (nSPS) is 11.1. The Bertz CT molecular complexity index is 1190. The summed E-state index contributed by atoms with van der Waals surface area (Å²) in [6.45, 7) is 4.44. The lowest BCUT2D eigenvalue weighted by molar-refractivity contribution is -0.141. The van der Waals surface area contributed by atoms with E-state index >= 15 is 0 Å². The molecular formula is C23H22N2O4S. The third-order valence-electron chi connectivity index (χ3n) is 5.16. The Kier molecular flexibility index (Phi) is 5.81. The van der Waals surface area contributed by atoms with Crippen LogP contribution in [0.15, 0.2) is 52.4 Å². The van der Waals surface area contributed by atoms with E-state index in [0.717, 1.165) is 29.7 Å². The van der Waals surface area contributed by atoms with E-state index in [-0.39, 0.29) is 18.8 Å². The Morgan fingerprint density at radius 2 is 2.00 bits per heavy atom. The van der Waals surface area contributed by atoms with Crippen LogP contribution in [0.25, 0.3) is 11.0 Å². The van der Waals surface area contributed by atoms with Gasteiger partial charge in [-0.2, -0.15) is 0 Å². The van der Waals surface area contributed by atoms with Crippen LogP contribution in [0.1, 0.15) is 32.3 Å². The number of rotatable bonds is 8. The van der Waals surface area contributed by atoms with Crippen molar-refractivity contribution in [1.82, 2.24) is 9.72 Å². The molecule has 0 spiro atoms. The lowest BCUT2D eigenvalue weighted by Gasteiger charge is -2.09. The second-order valence-corrected chi connectivity index (χ2v) is 8.18. The SMILES string of the molecule is Cc1cc(C(=O)COC(=O)Cc2noc3ccccc23)c(C)n1CCc1cccs1. The molecule has 154 valence electrons. The minimum absolute atomic E-state index is 0.0376. The highest BCUT2D eigenvalue weighted by atomic mass is 32.1. The van der Waals surface area contributed by atoms with Crippen LogP contribution in [-0.4, -0.2) is 28.1 Å². The lowest BCUT2D eigenvalue weighted by Crippen LogP contribution is -2.16. The summed E-state index contributed by atoms with van der Waals surface area (Å²) in [5.41, 5.74) is 3.64. The number of para-hydroxylation sites is 1. The van der Waals surface area contributed by atoms with E-state index in [1.807, 2.05) is 44.2 Å². The predicted molar refractivity (Wildman–Crippen MR) is 115 cm³/mol. The summed E-state index contributed by atoms with van der Waals surface area (Å²) >= 11 is 1.73. The molecule has 0 aliphatic heterocycles. The molecule has 0 aliphatic rings. The highest BCUT2D eigenvalue weighted by Crippen LogP contribution is 2.20. The van der Waals surface area contributed by atoms with Crippen LogP contribution in [-0.2, 0) is 28.9 Å². The molecule has 0 unspecified atom stereocenters. The molecule has 3 aromatic heterocycles. The van der Waals surface area contributed by atoms with Crippen molar-refractivity contribution in [3.8, 4) is 0 Å². The Hall–Kier alpha value is -3.19. The number of hydrogen-bond acceptors (Lipinski definition) is 6. The molecule has 4 aromatic rings. The number of carbonyl (C=O) groups is 2. The molecular weight excluding hydrogens is 400 g/mol. The van der Waals surface area contributed by atoms with Crippen molar-refractivity contribution in [2.24, 2.45) is 0 Å². The minimum atomic E-state index is -0.506. The maximum atomic E-state index is 12.7. The van der Waals surface area contributed by atoms with Crippen LogP contribution in [0, 0.1) is 13.8 Å². The van der Waals surface area contributed by atoms with Crippen LogP contribution in [0.3, 0.4) is 0 Å². The number of thiophene rings is 1. The number of ketones is 1. The average molecular weight is 423 g/mol. The number of ether oxygens (including phenoxy) is 1. The summed E-state index contributed by atoms with van der Waals surface area (Å²) in [5, 5.41) is 6.77. The molecule has 0 amide bonds. The van der Waals surface area contributed by atoms with Crippen molar-refractivity contribution in [2.45, 2.75) is 33.2 Å². The van der Waals surface area contributed by atoms with Gasteiger partial charge in [0, 0.05) is 33.8 Å². The monoisotopic (exact) mass is 422 g/mol. The number of fused-ring (bicyclic) bond motifs is 1. The number of esters is 1. The van der Waals surface area contributed by atoms with Gasteiger partial charge < -0.3 is 13.8 Å². The van der Waals surface area contributed by atoms with Gasteiger partial charge in [-0.05, 0) is 49.9 Å². The van der Waals surface area contributed by atoms with E-state index in [1.54, 1.807) is 17.4 Å². The first-order valence-electron chi connectivity index (χ1n) is 9.74. The first-order chi connectivity index (χ1) is 14.5. The number of Topliss-reactive ketones (excluding diaryl/α,β-unsaturated/α-hetero) is 1. The molecule has 30 heavy (non-hydrogen) atoms. The predicted octanol–water partition coefficient (Wildman–Crippen LogP) is 4.52. The summed E-state index contributed by atoms with van der Waals surface area (Å²) in [6.07, 6.45) is 0.881. The fourth-order valence-electron chi connectivity index (χ4n) is 3.58. The van der Waals surface area contributed by atoms with Gasteiger partial charge in [0.05, 0.1) is 6.42 Å². The number of aromatic nitrogens is 2. The molecule has 6 nitrogen and oxygen atoms in total. The molecule has 0 N–H and O–H groups in total. The van der Waals surface area contributed by atoms with Crippen LogP contribution in [0.4, 0.5) is 0 Å². The van der Waals surface area contributed by atoms with Gasteiger partial charge in [0.25, 0.3) is 0 Å². The molecule has 0 fully saturated rings. The molecule has 0 atom stereocenters. The van der Waals surface area contributed by atoms with E-state index in [1.165, 1.54) is 4.88 Å². The third-order valence-corrected chi connectivity index (χ3v) is 6.10. The average Bonchev–Trinajstić information content (AvgIpc) is 3.46. The first kappa shape index (κ1) is 20.1. The smallest absolute Gasteiger partial charge is 0.312 e. The molecule has 7 heteroatoms. The number of carbonyl (C=O) groups excluding carboxylic acids is 2. The Balaban J connectivity index is 1.36. The van der Waals surface area contributed by atoms with Crippen molar-refractivity contribution in [1.29, 1.82) is 0 Å². The van der Waals surface area contributed by atoms with Gasteiger partial charge in [0.15, 0.2) is 12.2 Å². The summed E-state index contributed by atoms with van der Waals surface area (Å²) in [6, 6.07) is 13.3. The highest BCUT2D eigenvalue weighted by Gasteiger charge is 2.19. The van der Waals surface area contributed by atoms with Crippen molar-refractivity contribution in [2.75, 3.05) is 6.61 Å². The maximum Gasteiger partial charge on any atom is 0.312 e. The van der Waals surface area contributed by atoms with Crippen LogP contribution in [0.2, 0.25) is 0 Å². The molecule has 1 aromatic carbocycles. The Morgan fingerprint density at radius 1 is 1.17 bits per heavy atom. The van der Waals surface area contributed by atoms with Crippen molar-refractivity contribution in [3.63, 3.8) is 0 Å². The van der Waals surface area contributed by atoms with Crippen LogP contribution >= 0.6 is 11.3 Å². The maximum absolute atomic E-state index is 12.7. The van der Waals surface area contributed by atoms with E-state index in [2.05, 4.69) is 21.2 Å². The molecule has 0 saturated carbocycles. The van der Waals surface area contributed by atoms with Gasteiger partial charge in [-0.15, -0.1) is 11.3 Å². The van der Waals surface area contributed by atoms with Gasteiger partial charge in [0.2, 0.25) is 5.78 Å². The van der Waals surface area contributed by atoms with Gasteiger partial charge >= 0.3 is 5.97 Å². The zero-order valence-corrected chi connectivity index (χ0v) is 17.7. The zero-order chi connectivity index (χ0) is 21.1. The van der Waals surface area contributed by atoms with E-state index in [4.69, 9.17) is 9.26 Å². The Labute approximate surface area is 178 Å². The van der Waals surface area contributed by atoms with Crippen molar-refractivity contribution < 1.29 is 18.8 Å². The molecule has 4 rings (SSSR count). The molecule has 0 bridgehead atoms. The minimum Gasteiger partial charge on any atom is -0.457 e. The molecule has 0 radical (unpaired) electrons. The number of hydrogen-bond donors (Lipinski definition) is 0. The summed E-state index contributed by atoms with van der Waals surface area (Å²) in [7, 11) is 0. The summed E-state index contributed by atoms with van der Waals surface area (Å²) in [4.78, 5) is 26.2. The summed E-state index contributed by atoms with van der Waals surface area (Å²) < 4.78 is 12.6. The Morgan fingerprint density at radius 3 is 2.80 bits per heavy atom. The topological polar surface area (TPSA) is 74.3 Å². The second kappa shape index (κ2) is 8.67. The van der Waals surface area contributed by atoms with Crippen molar-refractivity contribution >= 4 is 34.1 Å². The highest BCUT2D eigenvalue weighted by molar-refractivity contribution is 7.09. The lowest BCUT2D eigenvalue weighted by atomic mass is 10.1. The van der Waals surface area contributed by atoms with Crippen LogP contribution < -0.4 is 0 Å². The van der Waals surface area contributed by atoms with Gasteiger partial charge in [0.1, 0.15) is 5.69 Å². The standard InChI is InChI=1S/C23H22N2O4S/c1-15-12-19(16(2)25(15)10-9-17-6-5-11-30-17)21(26)14-28-23(27)13-20-18-7-3-4-8-22(18)29-24-20/h3-8,11-12H,9-10,13-14H2,1-2H3. The second-order valence-electron chi connectivity index (χ2n) is 7.15. The molecule has 0 aliphatic carbocycles. The number of aryl methyl sites for hydroxylation is 2. The quantitative estimate of drug-likeness (QED) is 0.308. The van der Waals surface area contributed by atoms with E-state index in [9.17, 15) is 9.59 Å². The largest absolute Gasteiger partial charge is 0.457 e. The van der Waals surface area contributed by atoms with Crippen molar-refractivity contribution in [3.05, 3.63) is 75.4 Å². The first-order valence-corrected chi connectivity index (χ1v) is 10.6. The molecule has 0 saturated heterocycles.